The van der Waals surface area contributed by atoms with Crippen LogP contribution in [-0.4, -0.2) is 18.0 Å². The van der Waals surface area contributed by atoms with Crippen LogP contribution in [0.5, 0.6) is 0 Å². The molecule has 0 aromatic rings. The van der Waals surface area contributed by atoms with Crippen LogP contribution in [0, 0.1) is 0 Å². The number of rotatable bonds is 9. The molecule has 0 aromatic carbocycles. The molecule has 0 heterocycles. The highest BCUT2D eigenvalue weighted by Crippen LogP contribution is 2.13. The molecular weight excluding hydrogens is 212 g/mol. The summed E-state index contributed by atoms with van der Waals surface area (Å²) in [5.74, 6) is 0.532. The third kappa shape index (κ3) is 10.1. The molecule has 0 amide bonds. The second-order valence-electron chi connectivity index (χ2n) is 3.91. The van der Waals surface area contributed by atoms with Crippen LogP contribution in [0.1, 0.15) is 58.8 Å². The first-order valence-corrected chi connectivity index (χ1v) is 6.47. The van der Waals surface area contributed by atoms with E-state index in [4.69, 9.17) is 16.3 Å². The fraction of sp³-hybridized carbons (Fsp3) is 0.917. The molecule has 0 rings (SSSR count). The van der Waals surface area contributed by atoms with Gasteiger partial charge in [0.25, 0.3) is 0 Å². The number of hydrogen-bond donors (Lipinski definition) is 0. The van der Waals surface area contributed by atoms with Gasteiger partial charge in [-0.1, -0.05) is 19.8 Å². The van der Waals surface area contributed by atoms with E-state index in [1.165, 1.54) is 19.8 Å². The van der Waals surface area contributed by atoms with Crippen molar-refractivity contribution in [2.75, 3.05) is 5.88 Å². The maximum absolute atomic E-state index is 10.9. The lowest BCUT2D eigenvalue weighted by Gasteiger charge is -2.16. The smallest absolute Gasteiger partial charge is 0.302 e. The first-order valence-electron chi connectivity index (χ1n) is 5.93. The summed E-state index contributed by atoms with van der Waals surface area (Å²) in [6.45, 7) is 3.66. The first kappa shape index (κ1) is 14.8. The van der Waals surface area contributed by atoms with E-state index in [0.717, 1.165) is 32.1 Å². The largest absolute Gasteiger partial charge is 0.463 e. The van der Waals surface area contributed by atoms with Crippen molar-refractivity contribution < 1.29 is 9.53 Å². The van der Waals surface area contributed by atoms with Gasteiger partial charge in [-0.15, -0.1) is 11.6 Å². The molecule has 0 aliphatic rings. The van der Waals surface area contributed by atoms with Gasteiger partial charge in [0.2, 0.25) is 0 Å². The molecule has 0 saturated heterocycles. The standard InChI is InChI=1S/C12H23ClO2/c1-3-4-5-8-12(15-11(2)14)9-6-7-10-13/h12H,3-10H2,1-2H3. The van der Waals surface area contributed by atoms with E-state index in [1.54, 1.807) is 0 Å². The van der Waals surface area contributed by atoms with Crippen LogP contribution in [0.15, 0.2) is 0 Å². The van der Waals surface area contributed by atoms with Crippen LogP contribution in [0.4, 0.5) is 0 Å². The molecule has 0 spiro atoms. The van der Waals surface area contributed by atoms with Crippen molar-refractivity contribution >= 4 is 17.6 Å². The Morgan fingerprint density at radius 3 is 2.27 bits per heavy atom. The third-order valence-electron chi connectivity index (χ3n) is 2.37. The monoisotopic (exact) mass is 234 g/mol. The van der Waals surface area contributed by atoms with Crippen molar-refractivity contribution in [1.29, 1.82) is 0 Å². The van der Waals surface area contributed by atoms with Crippen LogP contribution in [0.2, 0.25) is 0 Å². The summed E-state index contributed by atoms with van der Waals surface area (Å²) in [6, 6.07) is 0. The zero-order valence-corrected chi connectivity index (χ0v) is 10.7. The van der Waals surface area contributed by atoms with Gasteiger partial charge < -0.3 is 4.74 Å². The second-order valence-corrected chi connectivity index (χ2v) is 4.29. The third-order valence-corrected chi connectivity index (χ3v) is 2.64. The molecule has 0 bridgehead atoms. The van der Waals surface area contributed by atoms with E-state index in [0.29, 0.717) is 5.88 Å². The van der Waals surface area contributed by atoms with E-state index in [2.05, 4.69) is 6.92 Å². The molecule has 1 atom stereocenters. The van der Waals surface area contributed by atoms with E-state index in [-0.39, 0.29) is 12.1 Å². The Labute approximate surface area is 98.3 Å². The fourth-order valence-corrected chi connectivity index (χ4v) is 1.77. The van der Waals surface area contributed by atoms with Gasteiger partial charge in [-0.2, -0.15) is 0 Å². The Morgan fingerprint density at radius 1 is 1.20 bits per heavy atom. The molecule has 90 valence electrons. The number of ether oxygens (including phenoxy) is 1. The van der Waals surface area contributed by atoms with Crippen molar-refractivity contribution in [2.45, 2.75) is 64.9 Å². The number of esters is 1. The molecule has 2 nitrogen and oxygen atoms in total. The molecule has 0 N–H and O–H groups in total. The van der Waals surface area contributed by atoms with Gasteiger partial charge in [-0.3, -0.25) is 4.79 Å². The minimum Gasteiger partial charge on any atom is -0.463 e. The normalized spacial score (nSPS) is 12.5. The van der Waals surface area contributed by atoms with Crippen molar-refractivity contribution in [1.82, 2.24) is 0 Å². The number of carbonyl (C=O) groups excluding carboxylic acids is 1. The van der Waals surface area contributed by atoms with E-state index in [9.17, 15) is 4.79 Å². The van der Waals surface area contributed by atoms with E-state index < -0.39 is 0 Å². The van der Waals surface area contributed by atoms with Crippen molar-refractivity contribution in [3.05, 3.63) is 0 Å². The molecule has 3 heteroatoms. The number of hydrogen-bond acceptors (Lipinski definition) is 2. The molecular formula is C12H23ClO2. The van der Waals surface area contributed by atoms with Crippen molar-refractivity contribution in [2.24, 2.45) is 0 Å². The average Bonchev–Trinajstić information content (AvgIpc) is 2.17. The number of unbranched alkanes of at least 4 members (excludes halogenated alkanes) is 3. The zero-order chi connectivity index (χ0) is 11.5. The SMILES string of the molecule is CCCCCC(CCCCCl)OC(C)=O. The van der Waals surface area contributed by atoms with Crippen LogP contribution in [-0.2, 0) is 9.53 Å². The minimum atomic E-state index is -0.164. The molecule has 0 radical (unpaired) electrons. The Morgan fingerprint density at radius 2 is 1.80 bits per heavy atom. The van der Waals surface area contributed by atoms with Gasteiger partial charge >= 0.3 is 5.97 Å². The molecule has 0 aromatic heterocycles. The summed E-state index contributed by atoms with van der Waals surface area (Å²) in [6.07, 6.45) is 7.68. The lowest BCUT2D eigenvalue weighted by molar-refractivity contribution is -0.147. The van der Waals surface area contributed by atoms with Gasteiger partial charge in [0.05, 0.1) is 0 Å². The quantitative estimate of drug-likeness (QED) is 0.344. The van der Waals surface area contributed by atoms with Gasteiger partial charge in [0.15, 0.2) is 0 Å². The second kappa shape index (κ2) is 10.3. The number of carbonyl (C=O) groups is 1. The highest BCUT2D eigenvalue weighted by Gasteiger charge is 2.10. The summed E-state index contributed by atoms with van der Waals surface area (Å²) in [5, 5.41) is 0. The number of halogens is 1. The highest BCUT2D eigenvalue weighted by molar-refractivity contribution is 6.17. The molecule has 0 aliphatic heterocycles. The van der Waals surface area contributed by atoms with Gasteiger partial charge in [-0.25, -0.2) is 0 Å². The van der Waals surface area contributed by atoms with Gasteiger partial charge in [0.1, 0.15) is 6.10 Å². The molecule has 15 heavy (non-hydrogen) atoms. The van der Waals surface area contributed by atoms with Crippen LogP contribution >= 0.6 is 11.6 Å². The Kier molecular flexibility index (Phi) is 10.1. The zero-order valence-electron chi connectivity index (χ0n) is 9.93. The van der Waals surface area contributed by atoms with Gasteiger partial charge in [0, 0.05) is 12.8 Å². The van der Waals surface area contributed by atoms with Crippen molar-refractivity contribution in [3.8, 4) is 0 Å². The minimum absolute atomic E-state index is 0.109. The summed E-state index contributed by atoms with van der Waals surface area (Å²) in [7, 11) is 0. The van der Waals surface area contributed by atoms with E-state index in [1.807, 2.05) is 0 Å². The molecule has 0 saturated carbocycles. The summed E-state index contributed by atoms with van der Waals surface area (Å²) in [5.41, 5.74) is 0. The van der Waals surface area contributed by atoms with Crippen LogP contribution in [0.3, 0.4) is 0 Å². The lowest BCUT2D eigenvalue weighted by Crippen LogP contribution is -2.16. The summed E-state index contributed by atoms with van der Waals surface area (Å²) < 4.78 is 5.26. The van der Waals surface area contributed by atoms with Crippen molar-refractivity contribution in [3.63, 3.8) is 0 Å². The van der Waals surface area contributed by atoms with Crippen LogP contribution < -0.4 is 0 Å². The molecule has 0 aliphatic carbocycles. The van der Waals surface area contributed by atoms with Crippen LogP contribution in [0.25, 0.3) is 0 Å². The maximum Gasteiger partial charge on any atom is 0.302 e. The Hall–Kier alpha value is -0.240. The number of alkyl halides is 1. The highest BCUT2D eigenvalue weighted by atomic mass is 35.5. The predicted molar refractivity (Wildman–Crippen MR) is 64.3 cm³/mol. The Bertz CT molecular complexity index is 150. The lowest BCUT2D eigenvalue weighted by atomic mass is 10.1. The summed E-state index contributed by atoms with van der Waals surface area (Å²) >= 11 is 5.61. The molecule has 0 fully saturated rings. The average molecular weight is 235 g/mol. The van der Waals surface area contributed by atoms with E-state index >= 15 is 0 Å². The maximum atomic E-state index is 10.9. The predicted octanol–water partition coefficient (Wildman–Crippen LogP) is 3.91. The Balaban J connectivity index is 3.68. The summed E-state index contributed by atoms with van der Waals surface area (Å²) in [4.78, 5) is 10.9. The topological polar surface area (TPSA) is 26.3 Å². The fourth-order valence-electron chi connectivity index (χ4n) is 1.59. The molecule has 1 unspecified atom stereocenters. The van der Waals surface area contributed by atoms with Gasteiger partial charge in [-0.05, 0) is 32.1 Å². The first-order chi connectivity index (χ1) is 7.20.